The molecule has 0 saturated carbocycles. The van der Waals surface area contributed by atoms with Crippen molar-refractivity contribution in [3.05, 3.63) is 58.0 Å². The molecule has 0 atom stereocenters. The molecule has 1 aliphatic rings. The third kappa shape index (κ3) is 4.00. The number of carbonyl (C=O) groups excluding carboxylic acids is 2. The number of rotatable bonds is 4. The molecular weight excluding hydrogens is 327 g/mol. The van der Waals surface area contributed by atoms with Crippen LogP contribution >= 0.6 is 11.3 Å². The van der Waals surface area contributed by atoms with Crippen molar-refractivity contribution in [2.75, 3.05) is 13.1 Å². The predicted octanol–water partition coefficient (Wildman–Crippen LogP) is 2.85. The van der Waals surface area contributed by atoms with E-state index in [2.05, 4.69) is 5.32 Å². The molecule has 3 rings (SSSR count). The third-order valence-corrected chi connectivity index (χ3v) is 4.95. The number of thiophene rings is 1. The van der Waals surface area contributed by atoms with Crippen LogP contribution in [0.2, 0.25) is 0 Å². The van der Waals surface area contributed by atoms with Crippen LogP contribution < -0.4 is 5.32 Å². The molecule has 0 radical (unpaired) electrons. The molecule has 1 aromatic heterocycles. The van der Waals surface area contributed by atoms with Crippen LogP contribution in [0.1, 0.15) is 28.8 Å². The number of hydrogen-bond acceptors (Lipinski definition) is 3. The topological polar surface area (TPSA) is 49.4 Å². The Bertz CT molecular complexity index is 710. The summed E-state index contributed by atoms with van der Waals surface area (Å²) in [5.74, 6) is -0.473. The van der Waals surface area contributed by atoms with Gasteiger partial charge in [0.25, 0.3) is 5.91 Å². The molecule has 0 bridgehead atoms. The fourth-order valence-electron chi connectivity index (χ4n) is 2.85. The van der Waals surface area contributed by atoms with Gasteiger partial charge in [-0.1, -0.05) is 18.2 Å². The first kappa shape index (κ1) is 16.6. The van der Waals surface area contributed by atoms with E-state index in [-0.39, 0.29) is 30.1 Å². The van der Waals surface area contributed by atoms with E-state index in [4.69, 9.17) is 0 Å². The maximum Gasteiger partial charge on any atom is 0.252 e. The number of benzene rings is 1. The quantitative estimate of drug-likeness (QED) is 0.925. The molecule has 126 valence electrons. The van der Waals surface area contributed by atoms with Gasteiger partial charge in [-0.05, 0) is 35.9 Å². The van der Waals surface area contributed by atoms with Crippen LogP contribution in [0.15, 0.2) is 41.1 Å². The zero-order chi connectivity index (χ0) is 16.9. The molecule has 1 fully saturated rings. The predicted molar refractivity (Wildman–Crippen MR) is 91.5 cm³/mol. The highest BCUT2D eigenvalue weighted by molar-refractivity contribution is 7.08. The molecule has 1 aliphatic heterocycles. The Balaban J connectivity index is 1.49. The van der Waals surface area contributed by atoms with Gasteiger partial charge in [-0.25, -0.2) is 4.39 Å². The average Bonchev–Trinajstić information content (AvgIpc) is 3.12. The van der Waals surface area contributed by atoms with E-state index in [9.17, 15) is 14.0 Å². The maximum atomic E-state index is 13.6. The van der Waals surface area contributed by atoms with Crippen molar-refractivity contribution in [2.24, 2.45) is 0 Å². The smallest absolute Gasteiger partial charge is 0.252 e. The lowest BCUT2D eigenvalue weighted by Crippen LogP contribution is -2.46. The molecule has 4 nitrogen and oxygen atoms in total. The summed E-state index contributed by atoms with van der Waals surface area (Å²) >= 11 is 1.49. The Labute approximate surface area is 144 Å². The van der Waals surface area contributed by atoms with E-state index in [1.54, 1.807) is 29.2 Å². The molecule has 0 unspecified atom stereocenters. The van der Waals surface area contributed by atoms with Gasteiger partial charge in [0.15, 0.2) is 0 Å². The summed E-state index contributed by atoms with van der Waals surface area (Å²) in [6.45, 7) is 1.17. The molecule has 6 heteroatoms. The highest BCUT2D eigenvalue weighted by Crippen LogP contribution is 2.15. The van der Waals surface area contributed by atoms with Crippen molar-refractivity contribution in [3.63, 3.8) is 0 Å². The Morgan fingerprint density at radius 3 is 2.62 bits per heavy atom. The normalized spacial score (nSPS) is 15.3. The van der Waals surface area contributed by atoms with Crippen LogP contribution in [0.25, 0.3) is 0 Å². The monoisotopic (exact) mass is 346 g/mol. The lowest BCUT2D eigenvalue weighted by Gasteiger charge is -2.32. The fourth-order valence-corrected chi connectivity index (χ4v) is 3.49. The van der Waals surface area contributed by atoms with E-state index in [1.807, 2.05) is 10.8 Å². The first-order valence-corrected chi connectivity index (χ1v) is 8.92. The van der Waals surface area contributed by atoms with Gasteiger partial charge in [-0.15, -0.1) is 0 Å². The second-order valence-electron chi connectivity index (χ2n) is 5.91. The second-order valence-corrected chi connectivity index (χ2v) is 6.69. The number of halogens is 1. The van der Waals surface area contributed by atoms with Crippen LogP contribution in [-0.4, -0.2) is 35.8 Å². The second kappa shape index (κ2) is 7.57. The van der Waals surface area contributed by atoms with Gasteiger partial charge in [0.2, 0.25) is 5.91 Å². The van der Waals surface area contributed by atoms with Crippen molar-refractivity contribution in [1.82, 2.24) is 10.2 Å². The van der Waals surface area contributed by atoms with E-state index < -0.39 is 0 Å². The molecule has 0 aliphatic carbocycles. The van der Waals surface area contributed by atoms with Crippen LogP contribution in [-0.2, 0) is 11.2 Å². The lowest BCUT2D eigenvalue weighted by molar-refractivity contribution is -0.131. The zero-order valence-corrected chi connectivity index (χ0v) is 14.0. The van der Waals surface area contributed by atoms with Gasteiger partial charge in [0.1, 0.15) is 5.82 Å². The largest absolute Gasteiger partial charge is 0.349 e. The van der Waals surface area contributed by atoms with Crippen molar-refractivity contribution < 1.29 is 14.0 Å². The summed E-state index contributed by atoms with van der Waals surface area (Å²) in [5, 5.41) is 6.71. The Morgan fingerprint density at radius 2 is 1.96 bits per heavy atom. The van der Waals surface area contributed by atoms with Crippen LogP contribution in [0.5, 0.6) is 0 Å². The highest BCUT2D eigenvalue weighted by Gasteiger charge is 2.24. The van der Waals surface area contributed by atoms with Crippen LogP contribution in [0.4, 0.5) is 4.39 Å². The number of amides is 2. The summed E-state index contributed by atoms with van der Waals surface area (Å²) in [6, 6.07) is 8.24. The van der Waals surface area contributed by atoms with Crippen LogP contribution in [0.3, 0.4) is 0 Å². The SMILES string of the molecule is O=C(NC1CCN(C(=O)Cc2ccccc2F)CC1)c1ccsc1. The molecule has 1 saturated heterocycles. The maximum absolute atomic E-state index is 13.6. The Kier molecular flexibility index (Phi) is 5.25. The first-order valence-electron chi connectivity index (χ1n) is 7.98. The lowest BCUT2D eigenvalue weighted by atomic mass is 10.0. The summed E-state index contributed by atoms with van der Waals surface area (Å²) in [4.78, 5) is 26.1. The molecule has 1 N–H and O–H groups in total. The fraction of sp³-hybridized carbons (Fsp3) is 0.333. The number of likely N-dealkylation sites (tertiary alicyclic amines) is 1. The number of nitrogens with one attached hydrogen (secondary N) is 1. The summed E-state index contributed by atoms with van der Waals surface area (Å²) in [7, 11) is 0. The molecule has 2 amide bonds. The summed E-state index contributed by atoms with van der Waals surface area (Å²) in [6.07, 6.45) is 1.52. The number of carbonyl (C=O) groups is 2. The number of piperidine rings is 1. The van der Waals surface area contributed by atoms with Gasteiger partial charge in [-0.2, -0.15) is 11.3 Å². The summed E-state index contributed by atoms with van der Waals surface area (Å²) in [5.41, 5.74) is 1.11. The van der Waals surface area contributed by atoms with Crippen molar-refractivity contribution in [3.8, 4) is 0 Å². The van der Waals surface area contributed by atoms with Gasteiger partial charge in [-0.3, -0.25) is 9.59 Å². The van der Waals surface area contributed by atoms with Gasteiger partial charge >= 0.3 is 0 Å². The number of hydrogen-bond donors (Lipinski definition) is 1. The number of nitrogens with zero attached hydrogens (tertiary/aromatic N) is 1. The highest BCUT2D eigenvalue weighted by atomic mass is 32.1. The molecule has 1 aromatic carbocycles. The van der Waals surface area contributed by atoms with E-state index in [0.717, 1.165) is 12.8 Å². The van der Waals surface area contributed by atoms with E-state index in [0.29, 0.717) is 24.2 Å². The average molecular weight is 346 g/mol. The Morgan fingerprint density at radius 1 is 1.21 bits per heavy atom. The van der Waals surface area contributed by atoms with Gasteiger partial charge < -0.3 is 10.2 Å². The van der Waals surface area contributed by atoms with Crippen molar-refractivity contribution >= 4 is 23.2 Å². The molecule has 0 spiro atoms. The standard InChI is InChI=1S/C18H19FN2O2S/c19-16-4-2-1-3-13(16)11-17(22)21-8-5-15(6-9-21)20-18(23)14-7-10-24-12-14/h1-4,7,10,12,15H,5-6,8-9,11H2,(H,20,23). The van der Waals surface area contributed by atoms with Crippen molar-refractivity contribution in [1.29, 1.82) is 0 Å². The first-order chi connectivity index (χ1) is 11.6. The van der Waals surface area contributed by atoms with Crippen molar-refractivity contribution in [2.45, 2.75) is 25.3 Å². The van der Waals surface area contributed by atoms with Crippen LogP contribution in [0, 0.1) is 5.82 Å². The molecule has 2 aromatic rings. The zero-order valence-electron chi connectivity index (χ0n) is 13.2. The summed E-state index contributed by atoms with van der Waals surface area (Å²) < 4.78 is 13.6. The molecule has 24 heavy (non-hydrogen) atoms. The Hall–Kier alpha value is -2.21. The minimum absolute atomic E-state index is 0.0626. The molecule has 2 heterocycles. The minimum atomic E-state index is -0.344. The minimum Gasteiger partial charge on any atom is -0.349 e. The van der Waals surface area contributed by atoms with E-state index in [1.165, 1.54) is 17.4 Å². The van der Waals surface area contributed by atoms with E-state index >= 15 is 0 Å². The van der Waals surface area contributed by atoms with Gasteiger partial charge in [0, 0.05) is 30.1 Å². The third-order valence-electron chi connectivity index (χ3n) is 4.27. The molecular formula is C18H19FN2O2S. The van der Waals surface area contributed by atoms with Gasteiger partial charge in [0.05, 0.1) is 6.42 Å².